The molecule has 3 heteroatoms. The number of hydrogen-bond acceptors (Lipinski definition) is 2. The Balaban J connectivity index is 1.98. The summed E-state index contributed by atoms with van der Waals surface area (Å²) in [5, 5.41) is 9.56. The van der Waals surface area contributed by atoms with Gasteiger partial charge in [-0.2, -0.15) is 5.10 Å². The summed E-state index contributed by atoms with van der Waals surface area (Å²) in [7, 11) is 0. The SMILES string of the molecule is c1ccc(-c2cc3c4ccccc4c4sccc4n3n2)cc1. The molecule has 0 aliphatic rings. The maximum Gasteiger partial charge on any atom is 0.0934 e. The summed E-state index contributed by atoms with van der Waals surface area (Å²) in [5.41, 5.74) is 4.52. The van der Waals surface area contributed by atoms with E-state index in [-0.39, 0.29) is 0 Å². The predicted molar refractivity (Wildman–Crippen MR) is 93.5 cm³/mol. The molecule has 0 atom stereocenters. The maximum atomic E-state index is 4.86. The lowest BCUT2D eigenvalue weighted by molar-refractivity contribution is 1.02. The monoisotopic (exact) mass is 300 g/mol. The van der Waals surface area contributed by atoms with Crippen molar-refractivity contribution in [1.82, 2.24) is 9.61 Å². The standard InChI is InChI=1S/C19H12N2S/c1-2-6-13(7-3-1)16-12-18-14-8-4-5-9-15(14)19-17(10-11-22-19)21(18)20-16/h1-12H. The van der Waals surface area contributed by atoms with E-state index in [2.05, 4.69) is 70.6 Å². The quantitative estimate of drug-likeness (QED) is 0.407. The fraction of sp³-hybridized carbons (Fsp3) is 0. The van der Waals surface area contributed by atoms with Crippen molar-refractivity contribution in [2.75, 3.05) is 0 Å². The van der Waals surface area contributed by atoms with Crippen molar-refractivity contribution in [2.45, 2.75) is 0 Å². The summed E-state index contributed by atoms with van der Waals surface area (Å²) in [4.78, 5) is 0. The second-order valence-corrected chi connectivity index (χ2v) is 6.29. The van der Waals surface area contributed by atoms with Gasteiger partial charge < -0.3 is 0 Å². The van der Waals surface area contributed by atoms with E-state index in [9.17, 15) is 0 Å². The number of benzene rings is 2. The Morgan fingerprint density at radius 1 is 0.773 bits per heavy atom. The molecule has 0 saturated carbocycles. The highest BCUT2D eigenvalue weighted by atomic mass is 32.1. The van der Waals surface area contributed by atoms with Crippen LogP contribution in [0.25, 0.3) is 37.8 Å². The first kappa shape index (κ1) is 12.0. The normalized spacial score (nSPS) is 11.6. The number of rotatable bonds is 1. The van der Waals surface area contributed by atoms with Crippen molar-refractivity contribution in [3.8, 4) is 11.3 Å². The highest BCUT2D eigenvalue weighted by Crippen LogP contribution is 2.34. The van der Waals surface area contributed by atoms with Gasteiger partial charge in [0.05, 0.1) is 21.4 Å². The zero-order valence-corrected chi connectivity index (χ0v) is 12.5. The van der Waals surface area contributed by atoms with Crippen molar-refractivity contribution < 1.29 is 0 Å². The van der Waals surface area contributed by atoms with Crippen molar-refractivity contribution >= 4 is 37.8 Å². The first-order chi connectivity index (χ1) is 10.9. The molecular weight excluding hydrogens is 288 g/mol. The second-order valence-electron chi connectivity index (χ2n) is 5.37. The van der Waals surface area contributed by atoms with Gasteiger partial charge in [-0.3, -0.25) is 0 Å². The molecule has 0 spiro atoms. The van der Waals surface area contributed by atoms with Gasteiger partial charge in [-0.25, -0.2) is 4.52 Å². The number of aromatic nitrogens is 2. The lowest BCUT2D eigenvalue weighted by Crippen LogP contribution is -1.90. The molecule has 5 aromatic rings. The fourth-order valence-corrected chi connectivity index (χ4v) is 4.00. The Morgan fingerprint density at radius 3 is 2.41 bits per heavy atom. The molecule has 2 aromatic carbocycles. The van der Waals surface area contributed by atoms with Crippen LogP contribution in [0.5, 0.6) is 0 Å². The van der Waals surface area contributed by atoms with Gasteiger partial charge >= 0.3 is 0 Å². The van der Waals surface area contributed by atoms with E-state index in [0.29, 0.717) is 0 Å². The van der Waals surface area contributed by atoms with Gasteiger partial charge in [-0.1, -0.05) is 54.6 Å². The van der Waals surface area contributed by atoms with Gasteiger partial charge in [-0.15, -0.1) is 11.3 Å². The molecule has 0 bridgehead atoms. The van der Waals surface area contributed by atoms with Gasteiger partial charge in [0.25, 0.3) is 0 Å². The summed E-state index contributed by atoms with van der Waals surface area (Å²) in [6.07, 6.45) is 0. The molecule has 0 amide bonds. The first-order valence-corrected chi connectivity index (χ1v) is 8.13. The Hall–Kier alpha value is -2.65. The summed E-state index contributed by atoms with van der Waals surface area (Å²) >= 11 is 1.78. The molecule has 0 saturated heterocycles. The van der Waals surface area contributed by atoms with E-state index >= 15 is 0 Å². The van der Waals surface area contributed by atoms with Crippen LogP contribution in [0.3, 0.4) is 0 Å². The Bertz CT molecular complexity index is 1120. The second kappa shape index (κ2) is 4.42. The largest absolute Gasteiger partial charge is 0.231 e. The van der Waals surface area contributed by atoms with Gasteiger partial charge in [0.1, 0.15) is 0 Å². The molecule has 0 aliphatic heterocycles. The van der Waals surface area contributed by atoms with E-state index in [1.165, 1.54) is 26.5 Å². The third-order valence-corrected chi connectivity index (χ3v) is 5.04. The van der Waals surface area contributed by atoms with Crippen molar-refractivity contribution in [3.05, 3.63) is 72.1 Å². The van der Waals surface area contributed by atoms with Crippen molar-refractivity contribution in [3.63, 3.8) is 0 Å². The molecular formula is C19H12N2S. The average Bonchev–Trinajstić information content (AvgIpc) is 3.23. The van der Waals surface area contributed by atoms with Crippen LogP contribution in [0.15, 0.2) is 72.1 Å². The molecule has 0 radical (unpaired) electrons. The minimum atomic E-state index is 1.02. The van der Waals surface area contributed by atoms with Gasteiger partial charge in [0.15, 0.2) is 0 Å². The molecule has 22 heavy (non-hydrogen) atoms. The topological polar surface area (TPSA) is 17.3 Å². The predicted octanol–water partition coefficient (Wildman–Crippen LogP) is 5.37. The van der Waals surface area contributed by atoms with Crippen LogP contribution in [0.4, 0.5) is 0 Å². The molecule has 104 valence electrons. The summed E-state index contributed by atoms with van der Waals surface area (Å²) in [6.45, 7) is 0. The number of thiophene rings is 1. The number of nitrogens with zero attached hydrogens (tertiary/aromatic N) is 2. The van der Waals surface area contributed by atoms with Crippen LogP contribution in [0.2, 0.25) is 0 Å². The van der Waals surface area contributed by atoms with E-state index < -0.39 is 0 Å². The van der Waals surface area contributed by atoms with E-state index in [4.69, 9.17) is 5.10 Å². The molecule has 2 nitrogen and oxygen atoms in total. The maximum absolute atomic E-state index is 4.86. The first-order valence-electron chi connectivity index (χ1n) is 7.25. The zero-order valence-electron chi connectivity index (χ0n) is 11.7. The van der Waals surface area contributed by atoms with Crippen molar-refractivity contribution in [1.29, 1.82) is 0 Å². The third-order valence-electron chi connectivity index (χ3n) is 4.10. The summed E-state index contributed by atoms with van der Waals surface area (Å²) in [5.74, 6) is 0. The van der Waals surface area contributed by atoms with Crippen LogP contribution in [0, 0.1) is 0 Å². The summed E-state index contributed by atoms with van der Waals surface area (Å²) in [6, 6.07) is 23.3. The summed E-state index contributed by atoms with van der Waals surface area (Å²) < 4.78 is 3.38. The minimum Gasteiger partial charge on any atom is -0.231 e. The fourth-order valence-electron chi connectivity index (χ4n) is 3.08. The van der Waals surface area contributed by atoms with Crippen LogP contribution < -0.4 is 0 Å². The molecule has 0 aliphatic carbocycles. The molecule has 3 heterocycles. The molecule has 0 N–H and O–H groups in total. The number of hydrogen-bond donors (Lipinski definition) is 0. The lowest BCUT2D eigenvalue weighted by Gasteiger charge is -2.03. The average molecular weight is 300 g/mol. The molecule has 0 fully saturated rings. The van der Waals surface area contributed by atoms with E-state index in [1.54, 1.807) is 11.3 Å². The smallest absolute Gasteiger partial charge is 0.0934 e. The van der Waals surface area contributed by atoms with Gasteiger partial charge in [0.2, 0.25) is 0 Å². The molecule has 5 rings (SSSR count). The minimum absolute atomic E-state index is 1.02. The Morgan fingerprint density at radius 2 is 1.55 bits per heavy atom. The number of pyridine rings is 1. The highest BCUT2D eigenvalue weighted by molar-refractivity contribution is 7.18. The van der Waals surface area contributed by atoms with Gasteiger partial charge in [0, 0.05) is 16.3 Å². The van der Waals surface area contributed by atoms with Crippen molar-refractivity contribution in [2.24, 2.45) is 0 Å². The van der Waals surface area contributed by atoms with Crippen LogP contribution in [0.1, 0.15) is 0 Å². The van der Waals surface area contributed by atoms with Crippen LogP contribution in [-0.4, -0.2) is 9.61 Å². The van der Waals surface area contributed by atoms with Crippen LogP contribution >= 0.6 is 11.3 Å². The highest BCUT2D eigenvalue weighted by Gasteiger charge is 2.12. The molecule has 3 aromatic heterocycles. The Labute approximate surface area is 131 Å². The van der Waals surface area contributed by atoms with Gasteiger partial charge in [-0.05, 0) is 17.5 Å². The third kappa shape index (κ3) is 1.57. The van der Waals surface area contributed by atoms with E-state index in [0.717, 1.165) is 11.3 Å². The molecule has 0 unspecified atom stereocenters. The number of fused-ring (bicyclic) bond motifs is 6. The lowest BCUT2D eigenvalue weighted by atomic mass is 10.1. The Kier molecular flexibility index (Phi) is 2.40. The van der Waals surface area contributed by atoms with E-state index in [1.807, 2.05) is 6.07 Å². The zero-order chi connectivity index (χ0) is 14.5. The van der Waals surface area contributed by atoms with Crippen LogP contribution in [-0.2, 0) is 0 Å².